The Balaban J connectivity index is 1.80. The van der Waals surface area contributed by atoms with Crippen molar-refractivity contribution in [1.29, 1.82) is 0 Å². The molecule has 2 aliphatic rings. The van der Waals surface area contributed by atoms with Crippen LogP contribution < -0.4 is 4.90 Å². The molecule has 112 valence electrons. The molecule has 1 saturated heterocycles. The fraction of sp³-hybridized carbons (Fsp3) is 0.500. The largest absolute Gasteiger partial charge is 0.378 e. The van der Waals surface area contributed by atoms with Gasteiger partial charge in [0.15, 0.2) is 0 Å². The van der Waals surface area contributed by atoms with E-state index in [1.165, 1.54) is 0 Å². The van der Waals surface area contributed by atoms with Crippen LogP contribution in [0.2, 0.25) is 0 Å². The number of rotatable bonds is 2. The molecule has 0 spiro atoms. The predicted molar refractivity (Wildman–Crippen MR) is 79.5 cm³/mol. The van der Waals surface area contributed by atoms with E-state index >= 15 is 0 Å². The Morgan fingerprint density at radius 1 is 1.19 bits per heavy atom. The van der Waals surface area contributed by atoms with Crippen LogP contribution in [-0.2, 0) is 16.0 Å². The molecule has 2 aliphatic heterocycles. The summed E-state index contributed by atoms with van der Waals surface area (Å²) in [6, 6.07) is 5.68. The summed E-state index contributed by atoms with van der Waals surface area (Å²) in [5.41, 5.74) is 2.76. The first kappa shape index (κ1) is 14.1. The summed E-state index contributed by atoms with van der Waals surface area (Å²) in [5.74, 6) is 0.197. The molecule has 5 nitrogen and oxygen atoms in total. The molecule has 0 aromatic heterocycles. The quantitative estimate of drug-likeness (QED) is 0.828. The first-order valence-electron chi connectivity index (χ1n) is 7.51. The average Bonchev–Trinajstić information content (AvgIpc) is 2.97. The van der Waals surface area contributed by atoms with E-state index in [0.717, 1.165) is 24.2 Å². The number of hydrogen-bond donors (Lipinski definition) is 0. The molecule has 3 rings (SSSR count). The van der Waals surface area contributed by atoms with Crippen molar-refractivity contribution in [3.8, 4) is 0 Å². The Hall–Kier alpha value is -1.88. The first-order chi connectivity index (χ1) is 10.2. The second kappa shape index (κ2) is 5.85. The molecule has 0 aliphatic carbocycles. The minimum absolute atomic E-state index is 0.0568. The zero-order valence-corrected chi connectivity index (χ0v) is 12.3. The highest BCUT2D eigenvalue weighted by Gasteiger charge is 2.25. The number of anilines is 1. The van der Waals surface area contributed by atoms with Gasteiger partial charge in [0.1, 0.15) is 0 Å². The minimum Gasteiger partial charge on any atom is -0.378 e. The highest BCUT2D eigenvalue weighted by atomic mass is 16.5. The van der Waals surface area contributed by atoms with E-state index in [-0.39, 0.29) is 11.8 Å². The summed E-state index contributed by atoms with van der Waals surface area (Å²) in [6.07, 6.45) is 1.33. The van der Waals surface area contributed by atoms with E-state index in [9.17, 15) is 9.59 Å². The summed E-state index contributed by atoms with van der Waals surface area (Å²) >= 11 is 0. The van der Waals surface area contributed by atoms with Gasteiger partial charge in [-0.15, -0.1) is 0 Å². The van der Waals surface area contributed by atoms with Crippen molar-refractivity contribution in [2.75, 3.05) is 37.7 Å². The van der Waals surface area contributed by atoms with Crippen molar-refractivity contribution in [3.63, 3.8) is 0 Å². The van der Waals surface area contributed by atoms with Crippen LogP contribution in [-0.4, -0.2) is 49.6 Å². The number of carbonyl (C=O) groups is 2. The summed E-state index contributed by atoms with van der Waals surface area (Å²) in [4.78, 5) is 28.0. The smallest absolute Gasteiger partial charge is 0.254 e. The zero-order chi connectivity index (χ0) is 14.8. The third-order valence-corrected chi connectivity index (χ3v) is 4.12. The minimum atomic E-state index is 0.0568. The Labute approximate surface area is 124 Å². The van der Waals surface area contributed by atoms with Gasteiger partial charge in [-0.05, 0) is 30.2 Å². The third-order valence-electron chi connectivity index (χ3n) is 4.12. The third kappa shape index (κ3) is 2.65. The SMILES string of the molecule is CCC(=O)N1CCc2cc(C(=O)N3CCOCC3)ccc21. The maximum Gasteiger partial charge on any atom is 0.254 e. The zero-order valence-electron chi connectivity index (χ0n) is 12.3. The summed E-state index contributed by atoms with van der Waals surface area (Å²) in [6.45, 7) is 5.10. The van der Waals surface area contributed by atoms with Crippen LogP contribution >= 0.6 is 0 Å². The fourth-order valence-corrected chi connectivity index (χ4v) is 2.93. The normalized spacial score (nSPS) is 17.8. The standard InChI is InChI=1S/C16H20N2O3/c1-2-15(19)18-6-5-12-11-13(3-4-14(12)18)16(20)17-7-9-21-10-8-17/h3-4,11H,2,5-10H2,1H3. The van der Waals surface area contributed by atoms with Gasteiger partial charge in [0.25, 0.3) is 5.91 Å². The number of carbonyl (C=O) groups excluding carboxylic acids is 2. The lowest BCUT2D eigenvalue weighted by atomic mass is 10.1. The molecule has 21 heavy (non-hydrogen) atoms. The average molecular weight is 288 g/mol. The summed E-state index contributed by atoms with van der Waals surface area (Å²) in [5, 5.41) is 0. The van der Waals surface area contributed by atoms with Crippen molar-refractivity contribution in [2.45, 2.75) is 19.8 Å². The van der Waals surface area contributed by atoms with Crippen LogP contribution in [0.5, 0.6) is 0 Å². The molecule has 0 atom stereocenters. The van der Waals surface area contributed by atoms with Crippen LogP contribution in [0.3, 0.4) is 0 Å². The number of ether oxygens (including phenoxy) is 1. The van der Waals surface area contributed by atoms with E-state index in [1.54, 1.807) is 0 Å². The molecule has 2 heterocycles. The molecule has 0 radical (unpaired) electrons. The van der Waals surface area contributed by atoms with Crippen LogP contribution in [0.1, 0.15) is 29.3 Å². The van der Waals surface area contributed by atoms with Gasteiger partial charge in [0.05, 0.1) is 13.2 Å². The maximum atomic E-state index is 12.5. The highest BCUT2D eigenvalue weighted by molar-refractivity contribution is 5.98. The number of nitrogens with zero attached hydrogens (tertiary/aromatic N) is 2. The van der Waals surface area contributed by atoms with E-state index in [2.05, 4.69) is 0 Å². The monoisotopic (exact) mass is 288 g/mol. The number of benzene rings is 1. The highest BCUT2D eigenvalue weighted by Crippen LogP contribution is 2.29. The predicted octanol–water partition coefficient (Wildman–Crippen LogP) is 1.46. The van der Waals surface area contributed by atoms with Crippen LogP contribution in [0, 0.1) is 0 Å². The summed E-state index contributed by atoms with van der Waals surface area (Å²) < 4.78 is 5.27. The van der Waals surface area contributed by atoms with Gasteiger partial charge in [0, 0.05) is 37.3 Å². The van der Waals surface area contributed by atoms with Crippen LogP contribution in [0.15, 0.2) is 18.2 Å². The molecule has 0 unspecified atom stereocenters. The lowest BCUT2D eigenvalue weighted by Gasteiger charge is -2.27. The van der Waals surface area contributed by atoms with Gasteiger partial charge in [-0.3, -0.25) is 9.59 Å². The van der Waals surface area contributed by atoms with E-state index in [4.69, 9.17) is 4.74 Å². The summed E-state index contributed by atoms with van der Waals surface area (Å²) in [7, 11) is 0. The number of fused-ring (bicyclic) bond motifs is 1. The van der Waals surface area contributed by atoms with Gasteiger partial charge in [0.2, 0.25) is 5.91 Å². The Kier molecular flexibility index (Phi) is 3.92. The van der Waals surface area contributed by atoms with Gasteiger partial charge >= 0.3 is 0 Å². The number of amides is 2. The molecule has 1 aromatic rings. The lowest BCUT2D eigenvalue weighted by Crippen LogP contribution is -2.40. The van der Waals surface area contributed by atoms with E-state index in [1.807, 2.05) is 34.9 Å². The molecule has 0 N–H and O–H groups in total. The second-order valence-corrected chi connectivity index (χ2v) is 5.40. The molecule has 0 saturated carbocycles. The van der Waals surface area contributed by atoms with Crippen molar-refractivity contribution in [2.24, 2.45) is 0 Å². The van der Waals surface area contributed by atoms with E-state index < -0.39 is 0 Å². The molecule has 2 amide bonds. The molecule has 5 heteroatoms. The maximum absolute atomic E-state index is 12.5. The lowest BCUT2D eigenvalue weighted by molar-refractivity contribution is -0.118. The Morgan fingerprint density at radius 2 is 1.95 bits per heavy atom. The van der Waals surface area contributed by atoms with E-state index in [0.29, 0.717) is 38.3 Å². The van der Waals surface area contributed by atoms with Gasteiger partial charge in [-0.2, -0.15) is 0 Å². The van der Waals surface area contributed by atoms with Crippen molar-refractivity contribution in [1.82, 2.24) is 4.90 Å². The van der Waals surface area contributed by atoms with Crippen molar-refractivity contribution in [3.05, 3.63) is 29.3 Å². The van der Waals surface area contributed by atoms with Crippen molar-refractivity contribution >= 4 is 17.5 Å². The Bertz CT molecular complexity index is 565. The van der Waals surface area contributed by atoms with Crippen molar-refractivity contribution < 1.29 is 14.3 Å². The topological polar surface area (TPSA) is 49.9 Å². The first-order valence-corrected chi connectivity index (χ1v) is 7.51. The van der Waals surface area contributed by atoms with Gasteiger partial charge in [-0.1, -0.05) is 6.92 Å². The molecular weight excluding hydrogens is 268 g/mol. The molecular formula is C16H20N2O3. The second-order valence-electron chi connectivity index (χ2n) is 5.40. The molecule has 1 fully saturated rings. The van der Waals surface area contributed by atoms with Gasteiger partial charge < -0.3 is 14.5 Å². The van der Waals surface area contributed by atoms with Crippen LogP contribution in [0.25, 0.3) is 0 Å². The van der Waals surface area contributed by atoms with Crippen LogP contribution in [0.4, 0.5) is 5.69 Å². The molecule has 1 aromatic carbocycles. The number of morpholine rings is 1. The van der Waals surface area contributed by atoms with Gasteiger partial charge in [-0.25, -0.2) is 0 Å². The fourth-order valence-electron chi connectivity index (χ4n) is 2.93. The molecule has 0 bridgehead atoms. The Morgan fingerprint density at radius 3 is 2.67 bits per heavy atom. The number of hydrogen-bond acceptors (Lipinski definition) is 3.